The Morgan fingerprint density at radius 3 is 2.08 bits per heavy atom. The van der Waals surface area contributed by atoms with Crippen molar-refractivity contribution in [3.8, 4) is 28.4 Å². The summed E-state index contributed by atoms with van der Waals surface area (Å²) in [7, 11) is 1.67. The van der Waals surface area contributed by atoms with Crippen LogP contribution in [0.1, 0.15) is 32.9 Å². The normalized spacial score (nSPS) is 15.9. The molecule has 1 aromatic heterocycles. The van der Waals surface area contributed by atoms with E-state index in [1.165, 1.54) is 0 Å². The highest BCUT2D eigenvalue weighted by Gasteiger charge is 2.32. The summed E-state index contributed by atoms with van der Waals surface area (Å²) in [6.07, 6.45) is 1.66. The van der Waals surface area contributed by atoms with Gasteiger partial charge < -0.3 is 14.4 Å². The number of amides is 1. The number of rotatable bonds is 5. The van der Waals surface area contributed by atoms with Gasteiger partial charge in [-0.1, -0.05) is 47.5 Å². The van der Waals surface area contributed by atoms with Gasteiger partial charge in [-0.25, -0.2) is 14.8 Å². The minimum Gasteiger partial charge on any atom is -0.471 e. The quantitative estimate of drug-likeness (QED) is 0.352. The lowest BCUT2D eigenvalue weighted by atomic mass is 10.0. The van der Waals surface area contributed by atoms with Crippen LogP contribution in [0.15, 0.2) is 53.5 Å². The molecular weight excluding hydrogens is 499 g/mol. The van der Waals surface area contributed by atoms with Gasteiger partial charge in [0.2, 0.25) is 5.88 Å². The molecule has 9 heteroatoms. The first-order valence-corrected chi connectivity index (χ1v) is 12.4. The van der Waals surface area contributed by atoms with Crippen LogP contribution in [0.2, 0.25) is 10.0 Å². The van der Waals surface area contributed by atoms with Crippen molar-refractivity contribution in [1.82, 2.24) is 14.9 Å². The maximum absolute atomic E-state index is 12.5. The molecule has 1 atom stereocenters. The molecule has 36 heavy (non-hydrogen) atoms. The van der Waals surface area contributed by atoms with Crippen LogP contribution < -0.4 is 4.74 Å². The number of hydrogen-bond acceptors (Lipinski definition) is 6. The zero-order valence-corrected chi connectivity index (χ0v) is 22.2. The highest BCUT2D eigenvalue weighted by Crippen LogP contribution is 2.34. The highest BCUT2D eigenvalue weighted by atomic mass is 35.5. The standard InChI is InChI=1S/C27H28Cl2N4O3/c1-27(2,3)36-26(34)33-14-13-21(16-33)35-25-22(15-30-4)31-23(17-5-9-19(28)10-6-17)24(32-25)18-7-11-20(29)12-8-18/h5-12,15,21H,13-14,16H2,1-4H3/t21-/m1/s1. The first-order chi connectivity index (χ1) is 17.1. The van der Waals surface area contributed by atoms with Gasteiger partial charge in [0.1, 0.15) is 23.1 Å². The Morgan fingerprint density at radius 2 is 1.56 bits per heavy atom. The molecule has 188 valence electrons. The van der Waals surface area contributed by atoms with Crippen LogP contribution in [0.25, 0.3) is 22.5 Å². The minimum atomic E-state index is -0.558. The maximum Gasteiger partial charge on any atom is 0.410 e. The molecule has 1 amide bonds. The molecule has 0 saturated carbocycles. The van der Waals surface area contributed by atoms with E-state index < -0.39 is 5.60 Å². The summed E-state index contributed by atoms with van der Waals surface area (Å²) in [4.78, 5) is 28.1. The molecule has 2 heterocycles. The molecule has 1 fully saturated rings. The number of hydrogen-bond donors (Lipinski definition) is 0. The summed E-state index contributed by atoms with van der Waals surface area (Å²) >= 11 is 12.2. The third kappa shape index (κ3) is 6.33. The van der Waals surface area contributed by atoms with Gasteiger partial charge in [-0.3, -0.25) is 4.99 Å². The molecule has 0 spiro atoms. The Morgan fingerprint density at radius 1 is 1.00 bits per heavy atom. The molecule has 0 radical (unpaired) electrons. The molecule has 1 aliphatic rings. The minimum absolute atomic E-state index is 0.254. The van der Waals surface area contributed by atoms with Crippen molar-refractivity contribution in [2.75, 3.05) is 20.1 Å². The summed E-state index contributed by atoms with van der Waals surface area (Å²) in [5.41, 5.74) is 2.93. The van der Waals surface area contributed by atoms with Crippen molar-refractivity contribution in [3.63, 3.8) is 0 Å². The van der Waals surface area contributed by atoms with Gasteiger partial charge in [-0.15, -0.1) is 0 Å². The zero-order chi connectivity index (χ0) is 25.9. The molecule has 0 unspecified atom stereocenters. The molecule has 1 aliphatic heterocycles. The number of benzene rings is 2. The smallest absolute Gasteiger partial charge is 0.410 e. The van der Waals surface area contributed by atoms with E-state index in [4.69, 9.17) is 42.6 Å². The Bertz CT molecular complexity index is 1260. The Kier molecular flexibility index (Phi) is 7.81. The van der Waals surface area contributed by atoms with E-state index in [0.717, 1.165) is 11.1 Å². The highest BCUT2D eigenvalue weighted by molar-refractivity contribution is 6.31. The van der Waals surface area contributed by atoms with Crippen LogP contribution in [-0.2, 0) is 4.74 Å². The van der Waals surface area contributed by atoms with E-state index >= 15 is 0 Å². The van der Waals surface area contributed by atoms with Gasteiger partial charge in [-0.2, -0.15) is 0 Å². The first-order valence-electron chi connectivity index (χ1n) is 11.6. The Balaban J connectivity index is 1.70. The van der Waals surface area contributed by atoms with Crippen molar-refractivity contribution in [1.29, 1.82) is 0 Å². The summed E-state index contributed by atoms with van der Waals surface area (Å²) < 4.78 is 11.8. The second kappa shape index (κ2) is 10.8. The zero-order valence-electron chi connectivity index (χ0n) is 20.7. The van der Waals surface area contributed by atoms with Crippen LogP contribution in [0.5, 0.6) is 5.88 Å². The number of likely N-dealkylation sites (tertiary alicyclic amines) is 1. The van der Waals surface area contributed by atoms with Crippen LogP contribution in [0, 0.1) is 0 Å². The van der Waals surface area contributed by atoms with Gasteiger partial charge in [-0.05, 0) is 45.0 Å². The predicted octanol–water partition coefficient (Wildman–Crippen LogP) is 6.55. The summed E-state index contributed by atoms with van der Waals surface area (Å²) in [5.74, 6) is 0.347. The monoisotopic (exact) mass is 526 g/mol. The van der Waals surface area contributed by atoms with Crippen molar-refractivity contribution < 1.29 is 14.3 Å². The second-order valence-electron chi connectivity index (χ2n) is 9.47. The predicted molar refractivity (Wildman–Crippen MR) is 143 cm³/mol. The van der Waals surface area contributed by atoms with Crippen LogP contribution in [-0.4, -0.2) is 59.0 Å². The van der Waals surface area contributed by atoms with E-state index in [1.807, 2.05) is 69.3 Å². The van der Waals surface area contributed by atoms with Gasteiger partial charge in [0, 0.05) is 41.2 Å². The Labute approximate surface area is 221 Å². The number of halogens is 2. The van der Waals surface area contributed by atoms with E-state index in [2.05, 4.69) is 4.99 Å². The first kappa shape index (κ1) is 25.9. The van der Waals surface area contributed by atoms with E-state index in [9.17, 15) is 4.79 Å². The number of carbonyl (C=O) groups excluding carboxylic acids is 1. The average molecular weight is 527 g/mol. The van der Waals surface area contributed by atoms with Crippen LogP contribution >= 0.6 is 23.2 Å². The third-order valence-corrected chi connectivity index (χ3v) is 5.95. The van der Waals surface area contributed by atoms with Gasteiger partial charge >= 0.3 is 6.09 Å². The van der Waals surface area contributed by atoms with Gasteiger partial charge in [0.25, 0.3) is 0 Å². The molecule has 2 aromatic carbocycles. The summed E-state index contributed by atoms with van der Waals surface area (Å²) in [6, 6.07) is 14.8. The van der Waals surface area contributed by atoms with Crippen molar-refractivity contribution in [2.45, 2.75) is 38.9 Å². The summed E-state index contributed by atoms with van der Waals surface area (Å²) in [5, 5.41) is 1.25. The SMILES string of the molecule is CN=Cc1nc(-c2ccc(Cl)cc2)c(-c2ccc(Cl)cc2)nc1O[C@@H]1CCN(C(=O)OC(C)(C)C)C1. The largest absolute Gasteiger partial charge is 0.471 e. The number of aliphatic imine (C=N–C) groups is 1. The molecule has 3 aromatic rings. The van der Waals surface area contributed by atoms with Crippen LogP contribution in [0.3, 0.4) is 0 Å². The number of carbonyl (C=O) groups is 1. The molecule has 7 nitrogen and oxygen atoms in total. The third-order valence-electron chi connectivity index (χ3n) is 5.45. The number of ether oxygens (including phenoxy) is 2. The van der Waals surface area contributed by atoms with E-state index in [0.29, 0.717) is 52.5 Å². The van der Waals surface area contributed by atoms with E-state index in [-0.39, 0.29) is 12.2 Å². The molecular formula is C27H28Cl2N4O3. The maximum atomic E-state index is 12.5. The van der Waals surface area contributed by atoms with Crippen LogP contribution in [0.4, 0.5) is 4.79 Å². The molecule has 0 N–H and O–H groups in total. The fraction of sp³-hybridized carbons (Fsp3) is 0.333. The van der Waals surface area contributed by atoms with Crippen molar-refractivity contribution in [2.24, 2.45) is 4.99 Å². The molecule has 4 rings (SSSR count). The van der Waals surface area contributed by atoms with Crippen molar-refractivity contribution >= 4 is 35.5 Å². The van der Waals surface area contributed by atoms with Crippen molar-refractivity contribution in [3.05, 3.63) is 64.3 Å². The average Bonchev–Trinajstić information content (AvgIpc) is 3.29. The lowest BCUT2D eigenvalue weighted by Crippen LogP contribution is -2.36. The lowest BCUT2D eigenvalue weighted by Gasteiger charge is -2.24. The topological polar surface area (TPSA) is 76.9 Å². The number of nitrogens with zero attached hydrogens (tertiary/aromatic N) is 4. The fourth-order valence-electron chi connectivity index (χ4n) is 3.82. The molecule has 1 saturated heterocycles. The fourth-order valence-corrected chi connectivity index (χ4v) is 4.07. The lowest BCUT2D eigenvalue weighted by molar-refractivity contribution is 0.0275. The summed E-state index contributed by atoms with van der Waals surface area (Å²) in [6.45, 7) is 6.48. The second-order valence-corrected chi connectivity index (χ2v) is 10.3. The molecule has 0 aliphatic carbocycles. The van der Waals surface area contributed by atoms with Gasteiger partial charge in [0.15, 0.2) is 0 Å². The Hall–Kier alpha value is -3.16. The van der Waals surface area contributed by atoms with Gasteiger partial charge in [0.05, 0.1) is 18.5 Å². The number of aromatic nitrogens is 2. The van der Waals surface area contributed by atoms with E-state index in [1.54, 1.807) is 18.2 Å². The molecule has 0 bridgehead atoms.